The molecule has 1 N–H and O–H groups in total. The van der Waals surface area contributed by atoms with Gasteiger partial charge in [0.1, 0.15) is 0 Å². The average Bonchev–Trinajstić information content (AvgIpc) is 2.57. The molecule has 0 saturated carbocycles. The van der Waals surface area contributed by atoms with Crippen LogP contribution in [0.4, 0.5) is 0 Å². The largest absolute Gasteiger partial charge is 0.481 e. The van der Waals surface area contributed by atoms with Gasteiger partial charge in [-0.05, 0) is 18.8 Å². The van der Waals surface area contributed by atoms with Gasteiger partial charge in [-0.15, -0.1) is 11.3 Å². The molecule has 0 aliphatic heterocycles. The zero-order valence-electron chi connectivity index (χ0n) is 9.41. The van der Waals surface area contributed by atoms with E-state index in [1.165, 1.54) is 0 Å². The Hall–Kier alpha value is -0.900. The molecule has 1 aromatic rings. The van der Waals surface area contributed by atoms with Gasteiger partial charge in [0.2, 0.25) is 0 Å². The van der Waals surface area contributed by atoms with Gasteiger partial charge in [-0.25, -0.2) is 4.98 Å². The van der Waals surface area contributed by atoms with Gasteiger partial charge in [-0.2, -0.15) is 0 Å². The van der Waals surface area contributed by atoms with Crippen LogP contribution in [0, 0.1) is 0 Å². The Morgan fingerprint density at radius 2 is 2.20 bits per heavy atom. The summed E-state index contributed by atoms with van der Waals surface area (Å²) in [5, 5.41) is 9.76. The van der Waals surface area contributed by atoms with Gasteiger partial charge in [0.25, 0.3) is 0 Å². The molecule has 1 rings (SSSR count). The van der Waals surface area contributed by atoms with Crippen molar-refractivity contribution in [3.05, 3.63) is 15.6 Å². The summed E-state index contributed by atoms with van der Waals surface area (Å²) < 4.78 is 0. The van der Waals surface area contributed by atoms with E-state index >= 15 is 0 Å². The Labute approximate surface area is 94.2 Å². The standard InChI is InChI=1S/C11H17NO2S/c1-4-9-12-11(7(2)3)8(15-9)5-6-10(13)14/h7H,4-6H2,1-3H3,(H,13,14). The Balaban J connectivity index is 2.83. The summed E-state index contributed by atoms with van der Waals surface area (Å²) in [7, 11) is 0. The van der Waals surface area contributed by atoms with E-state index in [2.05, 4.69) is 25.8 Å². The van der Waals surface area contributed by atoms with Crippen LogP contribution < -0.4 is 0 Å². The highest BCUT2D eigenvalue weighted by Crippen LogP contribution is 2.26. The number of aryl methyl sites for hydroxylation is 2. The molecule has 0 amide bonds. The zero-order valence-corrected chi connectivity index (χ0v) is 10.2. The molecule has 0 fully saturated rings. The molecule has 15 heavy (non-hydrogen) atoms. The molecule has 1 aromatic heterocycles. The smallest absolute Gasteiger partial charge is 0.303 e. The van der Waals surface area contributed by atoms with Crippen molar-refractivity contribution in [2.24, 2.45) is 0 Å². The van der Waals surface area contributed by atoms with Gasteiger partial charge in [0.05, 0.1) is 17.1 Å². The van der Waals surface area contributed by atoms with Gasteiger partial charge in [-0.3, -0.25) is 4.79 Å². The second kappa shape index (κ2) is 5.26. The van der Waals surface area contributed by atoms with E-state index in [0.29, 0.717) is 12.3 Å². The third kappa shape index (κ3) is 3.30. The van der Waals surface area contributed by atoms with Gasteiger partial charge in [0, 0.05) is 4.88 Å². The van der Waals surface area contributed by atoms with Crippen LogP contribution in [0.2, 0.25) is 0 Å². The number of nitrogens with zero attached hydrogens (tertiary/aromatic N) is 1. The van der Waals surface area contributed by atoms with E-state index in [4.69, 9.17) is 5.11 Å². The maximum Gasteiger partial charge on any atom is 0.303 e. The fraction of sp³-hybridized carbons (Fsp3) is 0.636. The van der Waals surface area contributed by atoms with Gasteiger partial charge in [0.15, 0.2) is 0 Å². The van der Waals surface area contributed by atoms with Crippen molar-refractivity contribution in [1.29, 1.82) is 0 Å². The minimum absolute atomic E-state index is 0.199. The molecule has 3 nitrogen and oxygen atoms in total. The molecule has 1 heterocycles. The van der Waals surface area contributed by atoms with E-state index in [-0.39, 0.29) is 6.42 Å². The summed E-state index contributed by atoms with van der Waals surface area (Å²) in [6, 6.07) is 0. The van der Waals surface area contributed by atoms with E-state index in [1.807, 2.05) is 0 Å². The predicted molar refractivity (Wildman–Crippen MR) is 61.5 cm³/mol. The van der Waals surface area contributed by atoms with Crippen molar-refractivity contribution >= 4 is 17.3 Å². The molecule has 84 valence electrons. The molecular weight excluding hydrogens is 210 g/mol. The monoisotopic (exact) mass is 227 g/mol. The quantitative estimate of drug-likeness (QED) is 0.841. The van der Waals surface area contributed by atoms with E-state index in [9.17, 15) is 4.79 Å². The number of hydrogen-bond donors (Lipinski definition) is 1. The summed E-state index contributed by atoms with van der Waals surface area (Å²) >= 11 is 1.66. The number of aliphatic carboxylic acids is 1. The molecule has 0 aliphatic carbocycles. The molecule has 0 unspecified atom stereocenters. The van der Waals surface area contributed by atoms with Crippen molar-refractivity contribution in [1.82, 2.24) is 4.98 Å². The first-order chi connectivity index (χ1) is 7.04. The number of carboxylic acids is 1. The van der Waals surface area contributed by atoms with Crippen LogP contribution in [-0.2, 0) is 17.6 Å². The van der Waals surface area contributed by atoms with Crippen LogP contribution in [-0.4, -0.2) is 16.1 Å². The van der Waals surface area contributed by atoms with E-state index in [1.54, 1.807) is 11.3 Å². The molecule has 0 radical (unpaired) electrons. The number of carbonyl (C=O) groups is 1. The van der Waals surface area contributed by atoms with Crippen molar-refractivity contribution < 1.29 is 9.90 Å². The second-order valence-corrected chi connectivity index (χ2v) is 4.99. The van der Waals surface area contributed by atoms with Gasteiger partial charge < -0.3 is 5.11 Å². The topological polar surface area (TPSA) is 50.2 Å². The Bertz CT molecular complexity index is 344. The highest BCUT2D eigenvalue weighted by molar-refractivity contribution is 7.11. The minimum Gasteiger partial charge on any atom is -0.481 e. The molecule has 0 atom stereocenters. The maximum atomic E-state index is 10.5. The summed E-state index contributed by atoms with van der Waals surface area (Å²) in [4.78, 5) is 16.2. The Morgan fingerprint density at radius 3 is 2.67 bits per heavy atom. The SMILES string of the molecule is CCc1nc(C(C)C)c(CCC(=O)O)s1. The van der Waals surface area contributed by atoms with Crippen molar-refractivity contribution in [3.8, 4) is 0 Å². The molecule has 0 aliphatic rings. The van der Waals surface area contributed by atoms with Crippen LogP contribution >= 0.6 is 11.3 Å². The Kier molecular flexibility index (Phi) is 4.27. The lowest BCUT2D eigenvalue weighted by atomic mass is 10.1. The molecule has 0 saturated heterocycles. The maximum absolute atomic E-state index is 10.5. The lowest BCUT2D eigenvalue weighted by Crippen LogP contribution is -1.99. The van der Waals surface area contributed by atoms with Gasteiger partial charge in [-0.1, -0.05) is 20.8 Å². The minimum atomic E-state index is -0.740. The highest BCUT2D eigenvalue weighted by Gasteiger charge is 2.14. The Morgan fingerprint density at radius 1 is 1.53 bits per heavy atom. The van der Waals surface area contributed by atoms with Crippen LogP contribution in [0.25, 0.3) is 0 Å². The van der Waals surface area contributed by atoms with Crippen LogP contribution in [0.1, 0.15) is 48.7 Å². The van der Waals surface area contributed by atoms with Crippen molar-refractivity contribution in [3.63, 3.8) is 0 Å². The average molecular weight is 227 g/mol. The molecule has 0 aromatic carbocycles. The summed E-state index contributed by atoms with van der Waals surface area (Å²) in [5.41, 5.74) is 1.08. The fourth-order valence-electron chi connectivity index (χ4n) is 1.42. The first-order valence-corrected chi connectivity index (χ1v) is 6.06. The summed E-state index contributed by atoms with van der Waals surface area (Å²) in [5.74, 6) is -0.360. The fourth-order valence-corrected chi connectivity index (χ4v) is 2.58. The number of aromatic nitrogens is 1. The lowest BCUT2D eigenvalue weighted by molar-refractivity contribution is -0.136. The predicted octanol–water partition coefficient (Wildman–Crippen LogP) is 2.85. The molecular formula is C11H17NO2S. The van der Waals surface area contributed by atoms with E-state index < -0.39 is 5.97 Å². The third-order valence-electron chi connectivity index (χ3n) is 2.19. The number of rotatable bonds is 5. The summed E-state index contributed by atoms with van der Waals surface area (Å²) in [6.45, 7) is 6.27. The van der Waals surface area contributed by atoms with Crippen molar-refractivity contribution in [2.45, 2.75) is 46.0 Å². The number of carboxylic acid groups (broad SMARTS) is 1. The molecule has 4 heteroatoms. The van der Waals surface area contributed by atoms with Crippen LogP contribution in [0.3, 0.4) is 0 Å². The lowest BCUT2D eigenvalue weighted by Gasteiger charge is -2.03. The van der Waals surface area contributed by atoms with Crippen LogP contribution in [0.15, 0.2) is 0 Å². The molecule has 0 spiro atoms. The first-order valence-electron chi connectivity index (χ1n) is 5.24. The molecule has 0 bridgehead atoms. The summed E-state index contributed by atoms with van der Waals surface area (Å²) in [6.07, 6.45) is 1.74. The second-order valence-electron chi connectivity index (χ2n) is 3.82. The number of hydrogen-bond acceptors (Lipinski definition) is 3. The third-order valence-corrected chi connectivity index (χ3v) is 3.46. The van der Waals surface area contributed by atoms with E-state index in [0.717, 1.165) is 22.0 Å². The van der Waals surface area contributed by atoms with Crippen LogP contribution in [0.5, 0.6) is 0 Å². The van der Waals surface area contributed by atoms with Gasteiger partial charge >= 0.3 is 5.97 Å². The first kappa shape index (κ1) is 12.2. The number of thiazole rings is 1. The normalized spacial score (nSPS) is 10.9. The zero-order chi connectivity index (χ0) is 11.4. The van der Waals surface area contributed by atoms with Crippen molar-refractivity contribution in [2.75, 3.05) is 0 Å². The highest BCUT2D eigenvalue weighted by atomic mass is 32.1.